The second-order valence-electron chi connectivity index (χ2n) is 8.90. The molecule has 3 aromatic rings. The Hall–Kier alpha value is -4.46. The van der Waals surface area contributed by atoms with E-state index >= 15 is 0 Å². The van der Waals surface area contributed by atoms with E-state index in [1.807, 2.05) is 20.8 Å². The fraction of sp³-hybridized carbons (Fsp3) is 0.267. The van der Waals surface area contributed by atoms with Gasteiger partial charge in [-0.05, 0) is 74.9 Å². The molecule has 8 nitrogen and oxygen atoms in total. The summed E-state index contributed by atoms with van der Waals surface area (Å²) in [6.07, 6.45) is -0.0164. The van der Waals surface area contributed by atoms with Gasteiger partial charge in [0.1, 0.15) is 17.3 Å². The first kappa shape index (κ1) is 26.6. The van der Waals surface area contributed by atoms with Crippen LogP contribution in [0.5, 0.6) is 23.0 Å². The zero-order valence-corrected chi connectivity index (χ0v) is 22.1. The molecule has 1 saturated heterocycles. The Bertz CT molecular complexity index is 1360. The van der Waals surface area contributed by atoms with Gasteiger partial charge in [0, 0.05) is 17.3 Å². The van der Waals surface area contributed by atoms with E-state index in [4.69, 9.17) is 18.9 Å². The molecule has 198 valence electrons. The first-order valence-corrected chi connectivity index (χ1v) is 12.3. The van der Waals surface area contributed by atoms with Crippen LogP contribution >= 0.6 is 0 Å². The SMILES string of the molecule is CCOc1cccc(N2C(=O)C(=O)/C(=C(\O)c3ccc(OC(C)C)cc3)C2c2ccc(OC)c(OC)c2)c1. The Morgan fingerprint density at radius 1 is 0.921 bits per heavy atom. The lowest BCUT2D eigenvalue weighted by Gasteiger charge is -2.26. The van der Waals surface area contributed by atoms with Crippen LogP contribution in [0.15, 0.2) is 72.3 Å². The van der Waals surface area contributed by atoms with Crippen molar-refractivity contribution in [3.05, 3.63) is 83.4 Å². The van der Waals surface area contributed by atoms with Crippen molar-refractivity contribution in [1.82, 2.24) is 0 Å². The Labute approximate surface area is 222 Å². The van der Waals surface area contributed by atoms with Crippen LogP contribution in [0.3, 0.4) is 0 Å². The van der Waals surface area contributed by atoms with E-state index in [0.29, 0.717) is 46.4 Å². The molecular weight excluding hydrogens is 486 g/mol. The van der Waals surface area contributed by atoms with Gasteiger partial charge >= 0.3 is 0 Å². The smallest absolute Gasteiger partial charge is 0.300 e. The molecule has 1 amide bonds. The predicted octanol–water partition coefficient (Wildman–Crippen LogP) is 5.52. The molecule has 1 fully saturated rings. The number of ether oxygens (including phenoxy) is 4. The summed E-state index contributed by atoms with van der Waals surface area (Å²) in [7, 11) is 3.03. The van der Waals surface area contributed by atoms with Crippen LogP contribution in [0.2, 0.25) is 0 Å². The van der Waals surface area contributed by atoms with E-state index in [-0.39, 0.29) is 17.4 Å². The molecule has 0 bridgehead atoms. The van der Waals surface area contributed by atoms with E-state index in [9.17, 15) is 14.7 Å². The third-order valence-electron chi connectivity index (χ3n) is 6.07. The normalized spacial score (nSPS) is 16.6. The zero-order valence-electron chi connectivity index (χ0n) is 22.1. The van der Waals surface area contributed by atoms with Crippen molar-refractivity contribution in [2.24, 2.45) is 0 Å². The van der Waals surface area contributed by atoms with Crippen LogP contribution < -0.4 is 23.8 Å². The third-order valence-corrected chi connectivity index (χ3v) is 6.07. The van der Waals surface area contributed by atoms with Crippen LogP contribution in [0.4, 0.5) is 5.69 Å². The molecule has 0 aliphatic carbocycles. The number of Topliss-reactive ketones (excluding diaryl/α,β-unsaturated/α-hetero) is 1. The van der Waals surface area contributed by atoms with E-state index in [1.54, 1.807) is 66.7 Å². The molecule has 1 N–H and O–H groups in total. The molecule has 0 spiro atoms. The Morgan fingerprint density at radius 2 is 1.63 bits per heavy atom. The minimum atomic E-state index is -0.932. The third kappa shape index (κ3) is 5.16. The Balaban J connectivity index is 1.90. The molecule has 0 radical (unpaired) electrons. The zero-order chi connectivity index (χ0) is 27.4. The highest BCUT2D eigenvalue weighted by Crippen LogP contribution is 2.44. The van der Waals surface area contributed by atoms with E-state index < -0.39 is 17.7 Å². The van der Waals surface area contributed by atoms with Crippen LogP contribution in [0, 0.1) is 0 Å². The van der Waals surface area contributed by atoms with Gasteiger partial charge in [-0.1, -0.05) is 12.1 Å². The lowest BCUT2D eigenvalue weighted by atomic mass is 9.94. The molecule has 1 heterocycles. The number of rotatable bonds is 9. The number of methoxy groups -OCH3 is 2. The summed E-state index contributed by atoms with van der Waals surface area (Å²) in [5.41, 5.74) is 1.36. The summed E-state index contributed by atoms with van der Waals surface area (Å²) in [6, 6.07) is 17.9. The quantitative estimate of drug-likeness (QED) is 0.227. The maximum Gasteiger partial charge on any atom is 0.300 e. The highest BCUT2D eigenvalue weighted by atomic mass is 16.5. The average Bonchev–Trinajstić information content (AvgIpc) is 3.18. The van der Waals surface area contributed by atoms with Crippen molar-refractivity contribution in [3.63, 3.8) is 0 Å². The fourth-order valence-corrected chi connectivity index (χ4v) is 4.45. The van der Waals surface area contributed by atoms with Crippen LogP contribution in [0.1, 0.15) is 37.9 Å². The number of hydrogen-bond acceptors (Lipinski definition) is 7. The number of benzene rings is 3. The summed E-state index contributed by atoms with van der Waals surface area (Å²) in [6.45, 7) is 6.13. The Morgan fingerprint density at radius 3 is 2.26 bits per heavy atom. The van der Waals surface area contributed by atoms with Crippen LogP contribution in [-0.2, 0) is 9.59 Å². The molecule has 1 aliphatic heterocycles. The summed E-state index contributed by atoms with van der Waals surface area (Å²) in [5, 5.41) is 11.4. The minimum Gasteiger partial charge on any atom is -0.507 e. The number of aliphatic hydroxyl groups is 1. The molecule has 0 saturated carbocycles. The maximum absolute atomic E-state index is 13.5. The van der Waals surface area contributed by atoms with Gasteiger partial charge in [-0.15, -0.1) is 0 Å². The van der Waals surface area contributed by atoms with Crippen LogP contribution in [-0.4, -0.2) is 43.7 Å². The number of hydrogen-bond donors (Lipinski definition) is 1. The van der Waals surface area contributed by atoms with Gasteiger partial charge in [0.25, 0.3) is 11.7 Å². The van der Waals surface area contributed by atoms with Gasteiger partial charge < -0.3 is 24.1 Å². The van der Waals surface area contributed by atoms with E-state index in [1.165, 1.54) is 19.1 Å². The largest absolute Gasteiger partial charge is 0.507 e. The molecule has 0 aromatic heterocycles. The number of anilines is 1. The monoisotopic (exact) mass is 517 g/mol. The molecular formula is C30H31NO7. The highest BCUT2D eigenvalue weighted by molar-refractivity contribution is 6.51. The summed E-state index contributed by atoms with van der Waals surface area (Å²) in [4.78, 5) is 28.3. The van der Waals surface area contributed by atoms with Crippen molar-refractivity contribution >= 4 is 23.1 Å². The van der Waals surface area contributed by atoms with Gasteiger partial charge in [-0.25, -0.2) is 0 Å². The minimum absolute atomic E-state index is 0.0164. The second-order valence-corrected chi connectivity index (χ2v) is 8.90. The molecule has 1 atom stereocenters. The molecule has 1 unspecified atom stereocenters. The van der Waals surface area contributed by atoms with Gasteiger partial charge in [-0.2, -0.15) is 0 Å². The van der Waals surface area contributed by atoms with Crippen molar-refractivity contribution in [2.45, 2.75) is 32.9 Å². The van der Waals surface area contributed by atoms with E-state index in [0.717, 1.165) is 0 Å². The first-order chi connectivity index (χ1) is 18.3. The van der Waals surface area contributed by atoms with Gasteiger partial charge in [0.15, 0.2) is 11.5 Å². The van der Waals surface area contributed by atoms with Crippen molar-refractivity contribution < 1.29 is 33.6 Å². The lowest BCUT2D eigenvalue weighted by Crippen LogP contribution is -2.29. The topological polar surface area (TPSA) is 94.5 Å². The number of nitrogens with zero attached hydrogens (tertiary/aromatic N) is 1. The summed E-state index contributed by atoms with van der Waals surface area (Å²) >= 11 is 0. The number of ketones is 1. The first-order valence-electron chi connectivity index (χ1n) is 12.3. The predicted molar refractivity (Wildman–Crippen MR) is 144 cm³/mol. The lowest BCUT2D eigenvalue weighted by molar-refractivity contribution is -0.132. The number of carbonyl (C=O) groups is 2. The van der Waals surface area contributed by atoms with Crippen molar-refractivity contribution in [3.8, 4) is 23.0 Å². The number of carbonyl (C=O) groups excluding carboxylic acids is 2. The summed E-state index contributed by atoms with van der Waals surface area (Å²) in [5.74, 6) is 0.245. The van der Waals surface area contributed by atoms with Gasteiger partial charge in [0.05, 0.1) is 38.5 Å². The average molecular weight is 518 g/mol. The Kier molecular flexibility index (Phi) is 7.90. The maximum atomic E-state index is 13.5. The van der Waals surface area contributed by atoms with Gasteiger partial charge in [0.2, 0.25) is 0 Å². The molecule has 3 aromatic carbocycles. The van der Waals surface area contributed by atoms with Crippen LogP contribution in [0.25, 0.3) is 5.76 Å². The molecule has 1 aliphatic rings. The van der Waals surface area contributed by atoms with Crippen molar-refractivity contribution in [2.75, 3.05) is 25.7 Å². The highest BCUT2D eigenvalue weighted by Gasteiger charge is 2.47. The standard InChI is InChI=1S/C30H31NO7/c1-6-37-23-9-7-8-21(17-23)31-27(20-12-15-24(35-4)25(16-20)36-5)26(29(33)30(31)34)28(32)19-10-13-22(14-11-19)38-18(2)3/h7-18,27,32H,6H2,1-5H3/b28-26-. The second kappa shape index (κ2) is 11.3. The molecule has 8 heteroatoms. The molecule has 4 rings (SSSR count). The number of amides is 1. The summed E-state index contributed by atoms with van der Waals surface area (Å²) < 4.78 is 22.2. The fourth-order valence-electron chi connectivity index (χ4n) is 4.45. The van der Waals surface area contributed by atoms with Gasteiger partial charge in [-0.3, -0.25) is 14.5 Å². The van der Waals surface area contributed by atoms with Crippen molar-refractivity contribution in [1.29, 1.82) is 0 Å². The number of aliphatic hydroxyl groups excluding tert-OH is 1. The van der Waals surface area contributed by atoms with E-state index in [2.05, 4.69) is 0 Å². The molecule has 38 heavy (non-hydrogen) atoms.